The van der Waals surface area contributed by atoms with Crippen molar-refractivity contribution < 1.29 is 47.8 Å². The number of nitrogens with one attached hydrogen (secondary N) is 1. The molecule has 11 nitrogen and oxygen atoms in total. The van der Waals surface area contributed by atoms with Gasteiger partial charge in [0.2, 0.25) is 5.91 Å². The highest BCUT2D eigenvalue weighted by Crippen LogP contribution is 2.43. The Labute approximate surface area is 403 Å². The van der Waals surface area contributed by atoms with Crippen molar-refractivity contribution in [2.24, 2.45) is 0 Å². The number of carboxylic acids is 1. The molecule has 3 unspecified atom stereocenters. The highest BCUT2D eigenvalue weighted by atomic mass is 31.2. The van der Waals surface area contributed by atoms with Crippen LogP contribution in [0.25, 0.3) is 0 Å². The minimum Gasteiger partial charge on any atom is -0.480 e. The van der Waals surface area contributed by atoms with Crippen LogP contribution in [0.15, 0.2) is 48.6 Å². The van der Waals surface area contributed by atoms with Crippen LogP contribution in [-0.4, -0.2) is 64.9 Å². The predicted molar refractivity (Wildman–Crippen MR) is 272 cm³/mol. The van der Waals surface area contributed by atoms with E-state index >= 15 is 0 Å². The normalized spacial score (nSPS) is 13.9. The average molecular weight is 952 g/mol. The third-order valence-electron chi connectivity index (χ3n) is 11.6. The molecule has 0 rings (SSSR count). The first-order valence-electron chi connectivity index (χ1n) is 26.7. The lowest BCUT2D eigenvalue weighted by molar-refractivity contribution is -0.147. The molecule has 3 atom stereocenters. The van der Waals surface area contributed by atoms with Crippen molar-refractivity contribution in [2.75, 3.05) is 19.8 Å². The van der Waals surface area contributed by atoms with Gasteiger partial charge in [-0.3, -0.25) is 18.6 Å². The fourth-order valence-electron chi connectivity index (χ4n) is 7.44. The number of unbranched alkanes of at least 4 members (excludes halogenated alkanes) is 28. The number of carbonyl (C=O) groups excluding carboxylic acids is 2. The van der Waals surface area contributed by atoms with Gasteiger partial charge in [-0.1, -0.05) is 204 Å². The maximum Gasteiger partial charge on any atom is 0.472 e. The highest BCUT2D eigenvalue weighted by Gasteiger charge is 2.28. The molecule has 66 heavy (non-hydrogen) atoms. The molecule has 0 saturated carbocycles. The van der Waals surface area contributed by atoms with Gasteiger partial charge in [-0.05, 0) is 77.0 Å². The molecule has 0 spiro atoms. The van der Waals surface area contributed by atoms with Gasteiger partial charge in [0.25, 0.3) is 0 Å². The number of esters is 1. The average Bonchev–Trinajstić information content (AvgIpc) is 3.29. The number of amides is 1. The standard InChI is InChI=1S/C54H98NO10P/c1-3-5-7-9-11-13-15-17-19-21-23-24-25-26-28-30-32-34-36-38-40-42-44-46-53(58)63-47-50(56)48-64-66(61,62)65-49-51(54(59)60)55-52(57)45-43-41-39-37-35-33-31-29-27-22-20-18-16-14-12-10-8-6-4-2/h11-14,17-20,50-51,56H,3-10,15-16,21-49H2,1-2H3,(H,55,57)(H,59,60)(H,61,62)/b13-11-,14-12-,19-17-,20-18-. The summed E-state index contributed by atoms with van der Waals surface area (Å²) in [6, 6.07) is -1.55. The number of phosphoric acid groups is 1. The van der Waals surface area contributed by atoms with Gasteiger partial charge in [0, 0.05) is 12.8 Å². The first-order chi connectivity index (χ1) is 32.1. The van der Waals surface area contributed by atoms with Gasteiger partial charge in [0.05, 0.1) is 13.2 Å². The van der Waals surface area contributed by atoms with Crippen molar-refractivity contribution in [3.63, 3.8) is 0 Å². The number of rotatable bonds is 50. The second-order valence-electron chi connectivity index (χ2n) is 18.1. The topological polar surface area (TPSA) is 169 Å². The smallest absolute Gasteiger partial charge is 0.472 e. The van der Waals surface area contributed by atoms with Gasteiger partial charge >= 0.3 is 19.8 Å². The fraction of sp³-hybridized carbons (Fsp3) is 0.796. The first kappa shape index (κ1) is 63.4. The maximum atomic E-state index is 12.4. The third-order valence-corrected chi connectivity index (χ3v) is 12.5. The number of ether oxygens (including phenoxy) is 1. The van der Waals surface area contributed by atoms with E-state index < -0.39 is 57.6 Å². The van der Waals surface area contributed by atoms with E-state index in [0.29, 0.717) is 12.8 Å². The van der Waals surface area contributed by atoms with E-state index in [-0.39, 0.29) is 12.8 Å². The quantitative estimate of drug-likeness (QED) is 0.0199. The van der Waals surface area contributed by atoms with E-state index in [0.717, 1.165) is 64.2 Å². The Bertz CT molecular complexity index is 1300. The summed E-state index contributed by atoms with van der Waals surface area (Å²) in [4.78, 5) is 46.2. The Morgan fingerprint density at radius 3 is 1.23 bits per heavy atom. The van der Waals surface area contributed by atoms with Crippen LogP contribution in [0.5, 0.6) is 0 Å². The molecule has 0 bridgehead atoms. The van der Waals surface area contributed by atoms with Crippen LogP contribution in [0.3, 0.4) is 0 Å². The molecule has 0 aliphatic heterocycles. The molecule has 0 aliphatic rings. The van der Waals surface area contributed by atoms with Gasteiger partial charge in [-0.2, -0.15) is 0 Å². The van der Waals surface area contributed by atoms with Gasteiger partial charge in [0.1, 0.15) is 12.7 Å². The van der Waals surface area contributed by atoms with E-state index in [1.807, 2.05) is 0 Å². The predicted octanol–water partition coefficient (Wildman–Crippen LogP) is 14.9. The van der Waals surface area contributed by atoms with Crippen LogP contribution < -0.4 is 5.32 Å². The zero-order chi connectivity index (χ0) is 48.4. The molecule has 1 amide bonds. The lowest BCUT2D eigenvalue weighted by Gasteiger charge is -2.18. The number of hydrogen-bond acceptors (Lipinski definition) is 8. The summed E-state index contributed by atoms with van der Waals surface area (Å²) in [7, 11) is -4.76. The number of aliphatic carboxylic acids is 1. The summed E-state index contributed by atoms with van der Waals surface area (Å²) in [5.74, 6) is -2.37. The van der Waals surface area contributed by atoms with Crippen LogP contribution in [-0.2, 0) is 32.7 Å². The van der Waals surface area contributed by atoms with E-state index in [4.69, 9.17) is 13.8 Å². The largest absolute Gasteiger partial charge is 0.480 e. The van der Waals surface area contributed by atoms with E-state index in [2.05, 4.69) is 67.8 Å². The SMILES string of the molecule is CCCCC/C=C\C/C=C\CCCCCCCCCCCCCCCC(=O)OCC(O)COP(=O)(O)OCC(NC(=O)CCCCCCCCCCC/C=C\C/C=C\CCCCC)C(=O)O. The lowest BCUT2D eigenvalue weighted by Crippen LogP contribution is -2.43. The summed E-state index contributed by atoms with van der Waals surface area (Å²) >= 11 is 0. The number of carbonyl (C=O) groups is 3. The van der Waals surface area contributed by atoms with Crippen LogP contribution in [0, 0.1) is 0 Å². The molecule has 0 radical (unpaired) electrons. The Morgan fingerprint density at radius 1 is 0.485 bits per heavy atom. The lowest BCUT2D eigenvalue weighted by atomic mass is 10.0. The van der Waals surface area contributed by atoms with Crippen molar-refractivity contribution in [1.82, 2.24) is 5.32 Å². The molecule has 0 aromatic heterocycles. The Morgan fingerprint density at radius 2 is 0.833 bits per heavy atom. The van der Waals surface area contributed by atoms with Gasteiger partial charge < -0.3 is 25.2 Å². The van der Waals surface area contributed by atoms with Crippen LogP contribution >= 0.6 is 7.82 Å². The maximum absolute atomic E-state index is 12.4. The molecule has 384 valence electrons. The van der Waals surface area contributed by atoms with Gasteiger partial charge in [0.15, 0.2) is 6.04 Å². The molecule has 0 aliphatic carbocycles. The van der Waals surface area contributed by atoms with E-state index in [1.165, 1.54) is 141 Å². The number of allylic oxidation sites excluding steroid dienone is 8. The summed E-state index contributed by atoms with van der Waals surface area (Å²) < 4.78 is 27.0. The first-order valence-corrected chi connectivity index (χ1v) is 28.2. The molecule has 0 aromatic carbocycles. The second kappa shape index (κ2) is 48.9. The summed E-state index contributed by atoms with van der Waals surface area (Å²) in [5, 5.41) is 21.9. The zero-order valence-corrected chi connectivity index (χ0v) is 42.9. The van der Waals surface area contributed by atoms with Crippen molar-refractivity contribution in [3.05, 3.63) is 48.6 Å². The highest BCUT2D eigenvalue weighted by molar-refractivity contribution is 7.47. The zero-order valence-electron chi connectivity index (χ0n) is 42.0. The number of hydrogen-bond donors (Lipinski definition) is 4. The monoisotopic (exact) mass is 952 g/mol. The van der Waals surface area contributed by atoms with E-state index in [9.17, 15) is 34.1 Å². The van der Waals surface area contributed by atoms with Crippen LogP contribution in [0.2, 0.25) is 0 Å². The molecule has 0 heterocycles. The summed E-state index contributed by atoms with van der Waals surface area (Å²) in [6.45, 7) is 2.58. The molecule has 0 fully saturated rings. The van der Waals surface area contributed by atoms with Crippen molar-refractivity contribution in [1.29, 1.82) is 0 Å². The molecular formula is C54H98NO10P. The van der Waals surface area contributed by atoms with Gasteiger partial charge in [-0.15, -0.1) is 0 Å². The van der Waals surface area contributed by atoms with Crippen molar-refractivity contribution >= 4 is 25.7 Å². The minimum absolute atomic E-state index is 0.141. The van der Waals surface area contributed by atoms with Crippen LogP contribution in [0.1, 0.15) is 245 Å². The number of carboxylic acid groups (broad SMARTS) is 1. The van der Waals surface area contributed by atoms with Gasteiger partial charge in [-0.25, -0.2) is 9.36 Å². The number of aliphatic hydroxyl groups excluding tert-OH is 1. The fourth-order valence-corrected chi connectivity index (χ4v) is 8.21. The summed E-state index contributed by atoms with van der Waals surface area (Å²) in [5.41, 5.74) is 0. The third kappa shape index (κ3) is 47.9. The molecule has 0 saturated heterocycles. The second-order valence-corrected chi connectivity index (χ2v) is 19.5. The minimum atomic E-state index is -4.76. The Balaban J connectivity index is 3.80. The number of aliphatic hydroxyl groups is 1. The Hall–Kier alpha value is -2.56. The number of phosphoric ester groups is 1. The summed E-state index contributed by atoms with van der Waals surface area (Å²) in [6.07, 6.45) is 57.0. The van der Waals surface area contributed by atoms with Crippen LogP contribution in [0.4, 0.5) is 0 Å². The molecule has 0 aromatic rings. The molecular weight excluding hydrogens is 854 g/mol. The molecule has 12 heteroatoms. The van der Waals surface area contributed by atoms with Crippen molar-refractivity contribution in [3.8, 4) is 0 Å². The van der Waals surface area contributed by atoms with E-state index in [1.54, 1.807) is 0 Å². The van der Waals surface area contributed by atoms with Crippen molar-refractivity contribution in [2.45, 2.75) is 257 Å². The Kier molecular flexibility index (Phi) is 47.0. The molecule has 4 N–H and O–H groups in total.